The molecule has 0 aromatic heterocycles. The van der Waals surface area contributed by atoms with Gasteiger partial charge in [-0.25, -0.2) is 0 Å². The topological polar surface area (TPSA) is 60.7 Å². The van der Waals surface area contributed by atoms with Gasteiger partial charge < -0.3 is 15.3 Å². The summed E-state index contributed by atoms with van der Waals surface area (Å²) in [7, 11) is 0. The Morgan fingerprint density at radius 1 is 1.67 bits per heavy atom. The van der Waals surface area contributed by atoms with Crippen LogP contribution in [-0.4, -0.2) is 36.1 Å². The predicted molar refractivity (Wildman–Crippen MR) is 20.2 cm³/mol. The van der Waals surface area contributed by atoms with E-state index in [0.29, 0.717) is 0 Å². The summed E-state index contributed by atoms with van der Waals surface area (Å²) in [6.07, 6.45) is -0.905. The van der Waals surface area contributed by atoms with Gasteiger partial charge in [-0.2, -0.15) is 0 Å². The Labute approximate surface area is 37.3 Å². The number of rotatable bonds is 3. The summed E-state index contributed by atoms with van der Waals surface area (Å²) in [5.74, 6) is 0. The Bertz CT molecular complexity index is 41.2. The van der Waals surface area contributed by atoms with Gasteiger partial charge in [-0.1, -0.05) is 0 Å². The monoisotopic (exact) mass is 93.1 g/mol. The highest BCUT2D eigenvalue weighted by Gasteiger charge is 1.93. The van der Waals surface area contributed by atoms with Gasteiger partial charge in [0.25, 0.3) is 0 Å². The average Bonchev–Trinajstić information content (AvgIpc) is 1.68. The summed E-state index contributed by atoms with van der Waals surface area (Å²) in [4.78, 5) is 0. The van der Waals surface area contributed by atoms with E-state index in [1.54, 1.807) is 0 Å². The molecule has 3 N–H and O–H groups in total. The maximum absolute atomic E-state index is 8.36. The molecule has 0 bridgehead atoms. The fourth-order valence-corrected chi connectivity index (χ4v) is 0.0527. The highest BCUT2D eigenvalue weighted by Crippen LogP contribution is 1.71. The first-order valence-corrected chi connectivity index (χ1v) is 1.68. The van der Waals surface area contributed by atoms with Crippen LogP contribution in [0.25, 0.3) is 0 Å². The highest BCUT2D eigenvalue weighted by molar-refractivity contribution is 4.43. The Kier molecular flexibility index (Phi) is 2.08. The summed E-state index contributed by atoms with van der Waals surface area (Å²) in [5.41, 5.74) is 0. The van der Waals surface area contributed by atoms with Crippen molar-refractivity contribution in [3.05, 3.63) is 0 Å². The van der Waals surface area contributed by atoms with Gasteiger partial charge in [-0.15, -0.1) is 0 Å². The first kappa shape index (κ1) is 4.05. The molecule has 0 saturated carbocycles. The zero-order chi connectivity index (χ0) is 5.70. The van der Waals surface area contributed by atoms with E-state index in [0.717, 1.165) is 0 Å². The third kappa shape index (κ3) is 2.14. The van der Waals surface area contributed by atoms with Crippen molar-refractivity contribution in [3.63, 3.8) is 0 Å². The molecule has 0 heterocycles. The van der Waals surface area contributed by atoms with Crippen molar-refractivity contribution < 1.29 is 15.3 Å². The minimum Gasteiger partial charge on any atom is -0.394 e. The summed E-state index contributed by atoms with van der Waals surface area (Å²) in [6.45, 7) is -0.477. The van der Waals surface area contributed by atoms with Crippen LogP contribution in [0.15, 0.2) is 0 Å². The quantitative estimate of drug-likeness (QED) is 0.391. The van der Waals surface area contributed by atoms with E-state index >= 15 is 0 Å². The van der Waals surface area contributed by atoms with E-state index in [-0.39, 0.29) is 13.2 Å². The summed E-state index contributed by atoms with van der Waals surface area (Å²) < 4.78 is 6.07. The molecule has 0 aromatic rings. The number of hydrogen-bond acceptors (Lipinski definition) is 3. The molecule has 3 heteroatoms. The minimum atomic E-state index is -0.905. The Balaban J connectivity index is 2.83. The van der Waals surface area contributed by atoms with E-state index in [9.17, 15) is 0 Å². The first-order chi connectivity index (χ1) is 3.31. The number of aliphatic hydroxyl groups is 3. The highest BCUT2D eigenvalue weighted by atomic mass is 16.3. The largest absolute Gasteiger partial charge is 0.394 e. The lowest BCUT2D eigenvalue weighted by Crippen LogP contribution is -2.15. The minimum absolute atomic E-state index is 0.128. The van der Waals surface area contributed by atoms with E-state index in [4.69, 9.17) is 11.6 Å². The summed E-state index contributed by atoms with van der Waals surface area (Å²) in [5, 5.41) is 20.1. The Hall–Kier alpha value is -0.120. The standard InChI is InChI=1S/C3H8O3/c4-1-3(6)2-5/h3-6H,1-2H2/i4D/t3-/m0/s1. The van der Waals surface area contributed by atoms with E-state index < -0.39 is 6.10 Å². The van der Waals surface area contributed by atoms with Gasteiger partial charge >= 0.3 is 0 Å². The SMILES string of the molecule is [2H]OC[C@H](O)CO. The molecule has 0 aliphatic heterocycles. The van der Waals surface area contributed by atoms with Gasteiger partial charge in [-0.3, -0.25) is 0 Å². The second kappa shape index (κ2) is 3.08. The van der Waals surface area contributed by atoms with Gasteiger partial charge in [-0.05, 0) is 0 Å². The summed E-state index contributed by atoms with van der Waals surface area (Å²) >= 11 is 0. The molecule has 3 nitrogen and oxygen atoms in total. The molecule has 0 fully saturated rings. The van der Waals surface area contributed by atoms with Crippen molar-refractivity contribution in [1.29, 1.82) is 1.43 Å². The van der Waals surface area contributed by atoms with Crippen molar-refractivity contribution in [1.82, 2.24) is 0 Å². The molecule has 0 saturated heterocycles. The lowest BCUT2D eigenvalue weighted by atomic mass is 10.4. The number of aliphatic hydroxyl groups excluding tert-OH is 3. The molecule has 0 amide bonds. The van der Waals surface area contributed by atoms with Crippen molar-refractivity contribution >= 4 is 0 Å². The van der Waals surface area contributed by atoms with Crippen molar-refractivity contribution in [3.8, 4) is 0 Å². The second-order valence-corrected chi connectivity index (χ2v) is 1.00. The molecule has 0 radical (unpaired) electrons. The Morgan fingerprint density at radius 2 is 2.33 bits per heavy atom. The summed E-state index contributed by atoms with van der Waals surface area (Å²) in [6, 6.07) is 0. The molecule has 0 aliphatic rings. The van der Waals surface area contributed by atoms with Crippen molar-refractivity contribution in [2.45, 2.75) is 6.10 Å². The zero-order valence-electron chi connectivity index (χ0n) is 4.29. The molecular formula is C3H8O3. The molecule has 38 valence electrons. The molecule has 0 unspecified atom stereocenters. The fourth-order valence-electron chi connectivity index (χ4n) is 0.0527. The fraction of sp³-hybridized carbons (Fsp3) is 1.00. The van der Waals surface area contributed by atoms with Crippen molar-refractivity contribution in [2.24, 2.45) is 0 Å². The molecular weight excluding hydrogens is 84.0 g/mol. The molecule has 0 rings (SSSR count). The van der Waals surface area contributed by atoms with Gasteiger partial charge in [0.05, 0.1) is 13.2 Å². The molecule has 1 atom stereocenters. The van der Waals surface area contributed by atoms with E-state index in [1.807, 2.05) is 0 Å². The maximum Gasteiger partial charge on any atom is 0.210 e. The van der Waals surface area contributed by atoms with Crippen LogP contribution >= 0.6 is 0 Å². The predicted octanol–water partition coefficient (Wildman–Crippen LogP) is -1.67. The van der Waals surface area contributed by atoms with E-state index in [1.165, 1.54) is 0 Å². The van der Waals surface area contributed by atoms with Gasteiger partial charge in [0, 0.05) is 0 Å². The van der Waals surface area contributed by atoms with Crippen LogP contribution in [0, 0.1) is 0 Å². The lowest BCUT2D eigenvalue weighted by Gasteiger charge is -1.96. The Morgan fingerprint density at radius 3 is 2.50 bits per heavy atom. The third-order valence-corrected chi connectivity index (χ3v) is 0.403. The van der Waals surface area contributed by atoms with E-state index in [2.05, 4.69) is 5.11 Å². The third-order valence-electron chi connectivity index (χ3n) is 0.403. The van der Waals surface area contributed by atoms with Crippen LogP contribution < -0.4 is 0 Å². The van der Waals surface area contributed by atoms with Gasteiger partial charge in [0.1, 0.15) is 6.10 Å². The van der Waals surface area contributed by atoms with Gasteiger partial charge in [0.15, 0.2) is 0 Å². The van der Waals surface area contributed by atoms with Crippen LogP contribution in [0.2, 0.25) is 0 Å². The maximum atomic E-state index is 8.36. The molecule has 0 spiro atoms. The number of hydrogen-bond donors (Lipinski definition) is 3. The molecule has 0 aliphatic carbocycles. The zero-order valence-corrected chi connectivity index (χ0v) is 3.29. The average molecular weight is 93.1 g/mol. The van der Waals surface area contributed by atoms with Crippen LogP contribution in [0.5, 0.6) is 0 Å². The molecule has 0 aromatic carbocycles. The van der Waals surface area contributed by atoms with Crippen molar-refractivity contribution in [2.75, 3.05) is 13.2 Å². The smallest absolute Gasteiger partial charge is 0.210 e. The first-order valence-electron chi connectivity index (χ1n) is 2.09. The van der Waals surface area contributed by atoms with Crippen LogP contribution in [0.4, 0.5) is 0 Å². The van der Waals surface area contributed by atoms with Crippen LogP contribution in [0.1, 0.15) is 0 Å². The lowest BCUT2D eigenvalue weighted by molar-refractivity contribution is 0.0450. The second-order valence-electron chi connectivity index (χ2n) is 1.00. The van der Waals surface area contributed by atoms with Crippen LogP contribution in [-0.2, 0) is 0 Å². The normalized spacial score (nSPS) is 16.7. The molecule has 6 heavy (non-hydrogen) atoms. The van der Waals surface area contributed by atoms with Crippen LogP contribution in [0.3, 0.4) is 0 Å². The van der Waals surface area contributed by atoms with Gasteiger partial charge in [0.2, 0.25) is 1.43 Å².